The fourth-order valence-corrected chi connectivity index (χ4v) is 1.70. The van der Waals surface area contributed by atoms with E-state index in [-0.39, 0.29) is 18.3 Å². The van der Waals surface area contributed by atoms with Crippen molar-refractivity contribution in [2.75, 3.05) is 18.6 Å². The van der Waals surface area contributed by atoms with Gasteiger partial charge in [0.05, 0.1) is 25.0 Å². The van der Waals surface area contributed by atoms with E-state index in [2.05, 4.69) is 23.8 Å². The SMILES string of the molecule is CC(C)CC(CO)N(C)c1cnc(C(=O)O)cn1. The van der Waals surface area contributed by atoms with Crippen molar-refractivity contribution in [1.29, 1.82) is 0 Å². The Bertz CT molecular complexity index is 392. The molecule has 6 heteroatoms. The number of hydrogen-bond acceptors (Lipinski definition) is 5. The van der Waals surface area contributed by atoms with Crippen molar-refractivity contribution in [1.82, 2.24) is 9.97 Å². The molecule has 2 N–H and O–H groups in total. The molecule has 0 aliphatic rings. The third kappa shape index (κ3) is 3.66. The van der Waals surface area contributed by atoms with E-state index < -0.39 is 5.97 Å². The van der Waals surface area contributed by atoms with Gasteiger partial charge in [-0.2, -0.15) is 0 Å². The number of carbonyl (C=O) groups is 1. The number of aliphatic hydroxyl groups excluding tert-OH is 1. The Morgan fingerprint density at radius 1 is 1.39 bits per heavy atom. The van der Waals surface area contributed by atoms with Crippen molar-refractivity contribution < 1.29 is 15.0 Å². The first-order valence-corrected chi connectivity index (χ1v) is 5.84. The van der Waals surface area contributed by atoms with Gasteiger partial charge in [-0.05, 0) is 12.3 Å². The van der Waals surface area contributed by atoms with Gasteiger partial charge in [-0.1, -0.05) is 13.8 Å². The molecule has 100 valence electrons. The summed E-state index contributed by atoms with van der Waals surface area (Å²) in [7, 11) is 1.81. The van der Waals surface area contributed by atoms with Gasteiger partial charge in [0.1, 0.15) is 5.82 Å². The lowest BCUT2D eigenvalue weighted by molar-refractivity contribution is 0.0690. The van der Waals surface area contributed by atoms with Crippen LogP contribution in [0.2, 0.25) is 0 Å². The van der Waals surface area contributed by atoms with E-state index in [0.29, 0.717) is 11.7 Å². The molecular formula is C12H19N3O3. The minimum Gasteiger partial charge on any atom is -0.476 e. The molecule has 0 aliphatic heterocycles. The molecule has 0 aliphatic carbocycles. The number of hydrogen-bond donors (Lipinski definition) is 2. The number of carboxylic acids is 1. The fraction of sp³-hybridized carbons (Fsp3) is 0.583. The van der Waals surface area contributed by atoms with E-state index in [1.807, 2.05) is 11.9 Å². The van der Waals surface area contributed by atoms with Crippen LogP contribution in [-0.4, -0.2) is 45.8 Å². The second-order valence-corrected chi connectivity index (χ2v) is 4.64. The minimum absolute atomic E-state index is 0.0248. The van der Waals surface area contributed by atoms with Crippen LogP contribution in [0, 0.1) is 5.92 Å². The predicted octanol–water partition coefficient (Wildman–Crippen LogP) is 1.02. The molecule has 0 aromatic carbocycles. The molecule has 1 rings (SSSR count). The van der Waals surface area contributed by atoms with Gasteiger partial charge in [0.25, 0.3) is 0 Å². The number of rotatable bonds is 6. The van der Waals surface area contributed by atoms with Crippen LogP contribution < -0.4 is 4.90 Å². The Morgan fingerprint density at radius 2 is 2.06 bits per heavy atom. The molecule has 1 aromatic rings. The largest absolute Gasteiger partial charge is 0.476 e. The molecule has 18 heavy (non-hydrogen) atoms. The Hall–Kier alpha value is -1.69. The van der Waals surface area contributed by atoms with E-state index in [1.54, 1.807) is 0 Å². The van der Waals surface area contributed by atoms with Crippen LogP contribution in [0.3, 0.4) is 0 Å². The van der Waals surface area contributed by atoms with Crippen molar-refractivity contribution in [2.24, 2.45) is 5.92 Å². The molecule has 1 unspecified atom stereocenters. The summed E-state index contributed by atoms with van der Waals surface area (Å²) in [6.07, 6.45) is 3.46. The zero-order valence-electron chi connectivity index (χ0n) is 10.9. The summed E-state index contributed by atoms with van der Waals surface area (Å²) in [5.41, 5.74) is -0.0865. The molecule has 0 fully saturated rings. The van der Waals surface area contributed by atoms with Gasteiger partial charge in [-0.3, -0.25) is 0 Å². The van der Waals surface area contributed by atoms with Crippen molar-refractivity contribution >= 4 is 11.8 Å². The molecule has 1 heterocycles. The average Bonchev–Trinajstić information content (AvgIpc) is 2.35. The Labute approximate surface area is 106 Å². The number of likely N-dealkylation sites (N-methyl/N-ethyl adjacent to an activating group) is 1. The summed E-state index contributed by atoms with van der Waals surface area (Å²) in [4.78, 5) is 20.3. The molecule has 1 aromatic heterocycles. The van der Waals surface area contributed by atoms with E-state index in [9.17, 15) is 9.90 Å². The van der Waals surface area contributed by atoms with Crippen molar-refractivity contribution in [3.63, 3.8) is 0 Å². The highest BCUT2D eigenvalue weighted by atomic mass is 16.4. The second-order valence-electron chi connectivity index (χ2n) is 4.64. The van der Waals surface area contributed by atoms with E-state index in [0.717, 1.165) is 6.42 Å². The van der Waals surface area contributed by atoms with Gasteiger partial charge in [0.15, 0.2) is 5.69 Å². The maximum atomic E-state index is 10.7. The fourth-order valence-electron chi connectivity index (χ4n) is 1.70. The number of carboxylic acid groups (broad SMARTS) is 1. The minimum atomic E-state index is -1.10. The number of aromatic nitrogens is 2. The number of anilines is 1. The molecule has 0 amide bonds. The number of aromatic carboxylic acids is 1. The number of aliphatic hydroxyl groups is 1. The standard InChI is InChI=1S/C12H19N3O3/c1-8(2)4-9(7-16)15(3)11-6-13-10(5-14-11)12(17)18/h5-6,8-9,16H,4,7H2,1-3H3,(H,17,18). The van der Waals surface area contributed by atoms with Gasteiger partial charge < -0.3 is 15.1 Å². The van der Waals surface area contributed by atoms with Crippen molar-refractivity contribution in [3.05, 3.63) is 18.1 Å². The summed E-state index contributed by atoms with van der Waals surface area (Å²) in [6, 6.07) is -0.0463. The van der Waals surface area contributed by atoms with Crippen molar-refractivity contribution in [3.8, 4) is 0 Å². The maximum absolute atomic E-state index is 10.7. The van der Waals surface area contributed by atoms with Crippen LogP contribution in [0.15, 0.2) is 12.4 Å². The summed E-state index contributed by atoms with van der Waals surface area (Å²) in [5, 5.41) is 18.1. The first-order chi connectivity index (χ1) is 8.45. The predicted molar refractivity (Wildman–Crippen MR) is 67.7 cm³/mol. The lowest BCUT2D eigenvalue weighted by Crippen LogP contribution is -2.36. The monoisotopic (exact) mass is 253 g/mol. The van der Waals surface area contributed by atoms with Gasteiger partial charge in [0, 0.05) is 7.05 Å². The van der Waals surface area contributed by atoms with Gasteiger partial charge in [-0.25, -0.2) is 14.8 Å². The van der Waals surface area contributed by atoms with Gasteiger partial charge >= 0.3 is 5.97 Å². The average molecular weight is 253 g/mol. The molecule has 0 saturated heterocycles. The summed E-state index contributed by atoms with van der Waals surface area (Å²) < 4.78 is 0. The van der Waals surface area contributed by atoms with Gasteiger partial charge in [-0.15, -0.1) is 0 Å². The zero-order chi connectivity index (χ0) is 13.7. The molecule has 0 bridgehead atoms. The normalized spacial score (nSPS) is 12.5. The van der Waals surface area contributed by atoms with E-state index in [4.69, 9.17) is 5.11 Å². The summed E-state index contributed by atoms with van der Waals surface area (Å²) in [5.74, 6) is -0.0897. The highest BCUT2D eigenvalue weighted by Crippen LogP contribution is 2.16. The molecule has 0 radical (unpaired) electrons. The van der Waals surface area contributed by atoms with Crippen molar-refractivity contribution in [2.45, 2.75) is 26.3 Å². The highest BCUT2D eigenvalue weighted by Gasteiger charge is 2.17. The number of nitrogens with zero attached hydrogens (tertiary/aromatic N) is 3. The topological polar surface area (TPSA) is 86.5 Å². The van der Waals surface area contributed by atoms with Gasteiger partial charge in [0.2, 0.25) is 0 Å². The quantitative estimate of drug-likeness (QED) is 0.787. The van der Waals surface area contributed by atoms with Crippen LogP contribution in [-0.2, 0) is 0 Å². The first kappa shape index (κ1) is 14.4. The molecule has 0 spiro atoms. The Morgan fingerprint density at radius 3 is 2.44 bits per heavy atom. The van der Waals surface area contributed by atoms with E-state index in [1.165, 1.54) is 12.4 Å². The highest BCUT2D eigenvalue weighted by molar-refractivity contribution is 5.84. The molecule has 0 saturated carbocycles. The van der Waals surface area contributed by atoms with Crippen LogP contribution in [0.25, 0.3) is 0 Å². The maximum Gasteiger partial charge on any atom is 0.356 e. The first-order valence-electron chi connectivity index (χ1n) is 5.84. The van der Waals surface area contributed by atoms with Crippen LogP contribution in [0.5, 0.6) is 0 Å². The lowest BCUT2D eigenvalue weighted by atomic mass is 10.0. The Balaban J connectivity index is 2.81. The van der Waals surface area contributed by atoms with Crippen LogP contribution in [0.1, 0.15) is 30.8 Å². The third-order valence-electron chi connectivity index (χ3n) is 2.72. The molecule has 1 atom stereocenters. The Kier molecular flexibility index (Phi) is 5.03. The molecular weight excluding hydrogens is 234 g/mol. The lowest BCUT2D eigenvalue weighted by Gasteiger charge is -2.28. The summed E-state index contributed by atoms with van der Waals surface area (Å²) in [6.45, 7) is 4.18. The second kappa shape index (κ2) is 6.30. The summed E-state index contributed by atoms with van der Waals surface area (Å²) >= 11 is 0. The smallest absolute Gasteiger partial charge is 0.356 e. The van der Waals surface area contributed by atoms with E-state index >= 15 is 0 Å². The zero-order valence-corrected chi connectivity index (χ0v) is 10.9. The van der Waals surface area contributed by atoms with Crippen LogP contribution in [0.4, 0.5) is 5.82 Å². The molecule has 6 nitrogen and oxygen atoms in total. The third-order valence-corrected chi connectivity index (χ3v) is 2.72. The van der Waals surface area contributed by atoms with Crippen LogP contribution >= 0.6 is 0 Å².